The number of thiophene rings is 2. The average Bonchev–Trinajstić information content (AvgIpc) is 3.24. The fraction of sp³-hybridized carbons (Fsp3) is 0.333. The van der Waals surface area contributed by atoms with E-state index in [1.807, 2.05) is 10.8 Å². The van der Waals surface area contributed by atoms with E-state index < -0.39 is 0 Å². The van der Waals surface area contributed by atoms with E-state index in [1.54, 1.807) is 23.7 Å². The summed E-state index contributed by atoms with van der Waals surface area (Å²) >= 11 is 2.82. The molecule has 0 radical (unpaired) electrons. The summed E-state index contributed by atoms with van der Waals surface area (Å²) in [5, 5.41) is 16.0. The number of nitro groups is 1. The van der Waals surface area contributed by atoms with Gasteiger partial charge >= 0.3 is 5.00 Å². The van der Waals surface area contributed by atoms with Crippen molar-refractivity contribution >= 4 is 43.7 Å². The third kappa shape index (κ3) is 2.97. The summed E-state index contributed by atoms with van der Waals surface area (Å²) < 4.78 is 0. The van der Waals surface area contributed by atoms with Crippen LogP contribution in [0.4, 0.5) is 10.8 Å². The van der Waals surface area contributed by atoms with Gasteiger partial charge in [-0.3, -0.25) is 15.0 Å². The van der Waals surface area contributed by atoms with Crippen molar-refractivity contribution < 1.29 is 4.92 Å². The van der Waals surface area contributed by atoms with E-state index in [0.717, 1.165) is 54.3 Å². The standard InChI is InChI=1S/C15H15N5O2S2/c21-20(22)13-7-11(9-24-13)8-18-2-4-19(5-3-18)14-12-1-6-23-15(12)17-10-16-14/h1,6-7,9-10H,2-5,8H2. The molecule has 0 saturated carbocycles. The number of hydrogen-bond acceptors (Lipinski definition) is 8. The predicted molar refractivity (Wildman–Crippen MR) is 95.9 cm³/mol. The molecule has 4 heterocycles. The SMILES string of the molecule is O=[N+]([O-])c1cc(CN2CCN(c3ncnc4sccc34)CC2)cs1. The Kier molecular flexibility index (Phi) is 4.13. The quantitative estimate of drug-likeness (QED) is 0.525. The second-order valence-corrected chi connectivity index (χ2v) is 7.43. The molecule has 0 aromatic carbocycles. The Hall–Kier alpha value is -2.10. The fourth-order valence-electron chi connectivity index (χ4n) is 2.95. The van der Waals surface area contributed by atoms with Crippen LogP contribution in [0.15, 0.2) is 29.2 Å². The highest BCUT2D eigenvalue weighted by molar-refractivity contribution is 7.16. The summed E-state index contributed by atoms with van der Waals surface area (Å²) in [6.07, 6.45) is 1.63. The average molecular weight is 361 g/mol. The summed E-state index contributed by atoms with van der Waals surface area (Å²) in [7, 11) is 0. The number of nitrogens with zero attached hydrogens (tertiary/aromatic N) is 5. The van der Waals surface area contributed by atoms with Crippen LogP contribution in [0.2, 0.25) is 0 Å². The third-order valence-corrected chi connectivity index (χ3v) is 5.89. The topological polar surface area (TPSA) is 75.4 Å². The van der Waals surface area contributed by atoms with Gasteiger partial charge < -0.3 is 4.90 Å². The maximum atomic E-state index is 10.8. The van der Waals surface area contributed by atoms with Gasteiger partial charge in [-0.2, -0.15) is 0 Å². The number of rotatable bonds is 4. The zero-order valence-corrected chi connectivity index (χ0v) is 14.4. The number of anilines is 1. The predicted octanol–water partition coefficient (Wildman–Crippen LogP) is 2.98. The van der Waals surface area contributed by atoms with Crippen LogP contribution in [0.1, 0.15) is 5.56 Å². The van der Waals surface area contributed by atoms with Gasteiger partial charge in [-0.25, -0.2) is 9.97 Å². The highest BCUT2D eigenvalue weighted by Crippen LogP contribution is 2.28. The van der Waals surface area contributed by atoms with Gasteiger partial charge in [0.15, 0.2) is 0 Å². The molecule has 9 heteroatoms. The molecule has 0 atom stereocenters. The molecule has 3 aromatic heterocycles. The molecule has 0 aliphatic carbocycles. The molecule has 4 rings (SSSR count). The van der Waals surface area contributed by atoms with Gasteiger partial charge in [-0.05, 0) is 17.0 Å². The van der Waals surface area contributed by atoms with Crippen LogP contribution >= 0.6 is 22.7 Å². The van der Waals surface area contributed by atoms with Crippen LogP contribution in [-0.4, -0.2) is 46.0 Å². The Morgan fingerprint density at radius 3 is 2.79 bits per heavy atom. The highest BCUT2D eigenvalue weighted by atomic mass is 32.1. The van der Waals surface area contributed by atoms with Crippen LogP contribution in [0.3, 0.4) is 0 Å². The minimum Gasteiger partial charge on any atom is -0.353 e. The van der Waals surface area contributed by atoms with Crippen LogP contribution < -0.4 is 4.90 Å². The van der Waals surface area contributed by atoms with Gasteiger partial charge in [0.25, 0.3) is 0 Å². The number of fused-ring (bicyclic) bond motifs is 1. The highest BCUT2D eigenvalue weighted by Gasteiger charge is 2.21. The first kappa shape index (κ1) is 15.4. The van der Waals surface area contributed by atoms with Crippen LogP contribution in [0, 0.1) is 10.1 Å². The van der Waals surface area contributed by atoms with Gasteiger partial charge in [-0.15, -0.1) is 11.3 Å². The van der Waals surface area contributed by atoms with Crippen LogP contribution in [0.25, 0.3) is 10.2 Å². The third-order valence-electron chi connectivity index (χ3n) is 4.14. The summed E-state index contributed by atoms with van der Waals surface area (Å²) in [6, 6.07) is 3.75. The molecule has 0 N–H and O–H groups in total. The Morgan fingerprint density at radius 1 is 1.21 bits per heavy atom. The van der Waals surface area contributed by atoms with E-state index in [0.29, 0.717) is 0 Å². The van der Waals surface area contributed by atoms with Crippen molar-refractivity contribution in [2.75, 3.05) is 31.1 Å². The van der Waals surface area contributed by atoms with Crippen LogP contribution in [-0.2, 0) is 6.54 Å². The molecular formula is C15H15N5O2S2. The van der Waals surface area contributed by atoms with Gasteiger partial charge in [0.05, 0.1) is 10.3 Å². The van der Waals surface area contributed by atoms with Crippen molar-refractivity contribution in [3.63, 3.8) is 0 Å². The summed E-state index contributed by atoms with van der Waals surface area (Å²) in [5.41, 5.74) is 1.02. The van der Waals surface area contributed by atoms with Crippen molar-refractivity contribution in [1.82, 2.24) is 14.9 Å². The molecule has 24 heavy (non-hydrogen) atoms. The largest absolute Gasteiger partial charge is 0.353 e. The van der Waals surface area contributed by atoms with Crippen molar-refractivity contribution in [2.45, 2.75) is 6.54 Å². The first-order valence-corrected chi connectivity index (χ1v) is 9.34. The zero-order valence-electron chi connectivity index (χ0n) is 12.8. The molecule has 7 nitrogen and oxygen atoms in total. The molecule has 0 amide bonds. The van der Waals surface area contributed by atoms with Gasteiger partial charge in [0.2, 0.25) is 0 Å². The molecule has 1 fully saturated rings. The fourth-order valence-corrected chi connectivity index (χ4v) is 4.39. The monoisotopic (exact) mass is 361 g/mol. The number of aromatic nitrogens is 2. The summed E-state index contributed by atoms with van der Waals surface area (Å²) in [4.78, 5) is 24.9. The first-order valence-electron chi connectivity index (χ1n) is 7.58. The maximum absolute atomic E-state index is 10.8. The van der Waals surface area contributed by atoms with Gasteiger partial charge in [0, 0.05) is 44.2 Å². The molecule has 3 aromatic rings. The normalized spacial score (nSPS) is 15.9. The van der Waals surface area contributed by atoms with Gasteiger partial charge in [0.1, 0.15) is 17.0 Å². The van der Waals surface area contributed by atoms with E-state index >= 15 is 0 Å². The number of piperazine rings is 1. The van der Waals surface area contributed by atoms with Crippen molar-refractivity contribution in [3.8, 4) is 0 Å². The second-order valence-electron chi connectivity index (χ2n) is 5.65. The zero-order chi connectivity index (χ0) is 16.5. The summed E-state index contributed by atoms with van der Waals surface area (Å²) in [6.45, 7) is 4.39. The molecule has 1 aliphatic rings. The Morgan fingerprint density at radius 2 is 2.04 bits per heavy atom. The lowest BCUT2D eigenvalue weighted by Gasteiger charge is -2.35. The minimum absolute atomic E-state index is 0.212. The smallest absolute Gasteiger partial charge is 0.324 e. The lowest BCUT2D eigenvalue weighted by Crippen LogP contribution is -2.46. The molecule has 1 aliphatic heterocycles. The lowest BCUT2D eigenvalue weighted by molar-refractivity contribution is -0.380. The molecule has 0 unspecified atom stereocenters. The maximum Gasteiger partial charge on any atom is 0.324 e. The Balaban J connectivity index is 1.41. The first-order chi connectivity index (χ1) is 11.7. The van der Waals surface area contributed by atoms with E-state index in [1.165, 1.54) is 11.3 Å². The second kappa shape index (κ2) is 6.42. The van der Waals surface area contributed by atoms with Crippen LogP contribution in [0.5, 0.6) is 0 Å². The molecule has 0 spiro atoms. The van der Waals surface area contributed by atoms with E-state index in [2.05, 4.69) is 25.8 Å². The lowest BCUT2D eigenvalue weighted by atomic mass is 10.2. The summed E-state index contributed by atoms with van der Waals surface area (Å²) in [5.74, 6) is 1.01. The molecular weight excluding hydrogens is 346 g/mol. The van der Waals surface area contributed by atoms with E-state index in [-0.39, 0.29) is 9.92 Å². The van der Waals surface area contributed by atoms with Gasteiger partial charge in [-0.1, -0.05) is 11.3 Å². The van der Waals surface area contributed by atoms with E-state index in [9.17, 15) is 10.1 Å². The van der Waals surface area contributed by atoms with E-state index in [4.69, 9.17) is 0 Å². The minimum atomic E-state index is -0.326. The number of hydrogen-bond donors (Lipinski definition) is 0. The Bertz CT molecular complexity index is 870. The van der Waals surface area contributed by atoms with Crippen molar-refractivity contribution in [1.29, 1.82) is 0 Å². The Labute approximate surface area is 146 Å². The molecule has 124 valence electrons. The van der Waals surface area contributed by atoms with Crippen molar-refractivity contribution in [3.05, 3.63) is 44.9 Å². The molecule has 0 bridgehead atoms. The molecule has 1 saturated heterocycles. The van der Waals surface area contributed by atoms with Crippen molar-refractivity contribution in [2.24, 2.45) is 0 Å².